The minimum absolute atomic E-state index is 0.00611. The summed E-state index contributed by atoms with van der Waals surface area (Å²) >= 11 is 6.22. The van der Waals surface area contributed by atoms with E-state index in [9.17, 15) is 0 Å². The lowest BCUT2D eigenvalue weighted by Crippen LogP contribution is -2.29. The Hall–Kier alpha value is -0.570. The summed E-state index contributed by atoms with van der Waals surface area (Å²) in [5.74, 6) is 0.397. The summed E-state index contributed by atoms with van der Waals surface area (Å²) in [5.41, 5.74) is 8.47. The van der Waals surface area contributed by atoms with Crippen molar-refractivity contribution in [3.63, 3.8) is 0 Å². The van der Waals surface area contributed by atoms with Crippen LogP contribution in [-0.2, 0) is 4.74 Å². The standard InChI is InChI=1S/C13H18ClNO/c1-9-4-5-11(12(14)7-9)13(15)10-3-2-6-16-8-10/h4-5,7,10,13H,2-3,6,8,15H2,1H3. The molecule has 1 aromatic carbocycles. The number of hydrogen-bond donors (Lipinski definition) is 1. The predicted octanol–water partition coefficient (Wildman–Crippen LogP) is 3.07. The fourth-order valence-electron chi connectivity index (χ4n) is 2.21. The van der Waals surface area contributed by atoms with E-state index in [1.165, 1.54) is 5.56 Å². The molecule has 1 aliphatic heterocycles. The zero-order chi connectivity index (χ0) is 11.5. The van der Waals surface area contributed by atoms with Gasteiger partial charge in [-0.15, -0.1) is 0 Å². The second kappa shape index (κ2) is 5.17. The molecule has 0 bridgehead atoms. The molecule has 2 atom stereocenters. The number of halogens is 1. The Morgan fingerprint density at radius 3 is 2.94 bits per heavy atom. The van der Waals surface area contributed by atoms with Crippen LogP contribution in [0.25, 0.3) is 0 Å². The van der Waals surface area contributed by atoms with E-state index < -0.39 is 0 Å². The van der Waals surface area contributed by atoms with Gasteiger partial charge in [0.05, 0.1) is 6.61 Å². The molecule has 0 aliphatic carbocycles. The van der Waals surface area contributed by atoms with Crippen molar-refractivity contribution in [3.8, 4) is 0 Å². The molecule has 0 radical (unpaired) electrons. The fraction of sp³-hybridized carbons (Fsp3) is 0.538. The van der Waals surface area contributed by atoms with Crippen LogP contribution in [0.2, 0.25) is 5.02 Å². The van der Waals surface area contributed by atoms with E-state index in [0.717, 1.165) is 36.6 Å². The summed E-state index contributed by atoms with van der Waals surface area (Å²) in [6.45, 7) is 3.65. The van der Waals surface area contributed by atoms with Crippen LogP contribution in [0.4, 0.5) is 0 Å². The summed E-state index contributed by atoms with van der Waals surface area (Å²) < 4.78 is 5.47. The van der Waals surface area contributed by atoms with Crippen LogP contribution >= 0.6 is 11.6 Å². The van der Waals surface area contributed by atoms with Gasteiger partial charge < -0.3 is 10.5 Å². The second-order valence-electron chi connectivity index (χ2n) is 4.53. The number of ether oxygens (including phenoxy) is 1. The average molecular weight is 240 g/mol. The molecule has 88 valence electrons. The quantitative estimate of drug-likeness (QED) is 0.861. The lowest BCUT2D eigenvalue weighted by molar-refractivity contribution is 0.0448. The average Bonchev–Trinajstić information content (AvgIpc) is 2.29. The van der Waals surface area contributed by atoms with E-state index in [-0.39, 0.29) is 6.04 Å². The number of benzene rings is 1. The van der Waals surface area contributed by atoms with Gasteiger partial charge in [-0.1, -0.05) is 23.7 Å². The van der Waals surface area contributed by atoms with Crippen LogP contribution in [0, 0.1) is 12.8 Å². The van der Waals surface area contributed by atoms with Gasteiger partial charge in [0.25, 0.3) is 0 Å². The molecule has 3 heteroatoms. The Bertz CT molecular complexity index is 361. The molecule has 16 heavy (non-hydrogen) atoms. The number of nitrogens with two attached hydrogens (primary N) is 1. The number of rotatable bonds is 2. The van der Waals surface area contributed by atoms with Crippen molar-refractivity contribution in [2.75, 3.05) is 13.2 Å². The first kappa shape index (κ1) is 11.9. The highest BCUT2D eigenvalue weighted by molar-refractivity contribution is 6.31. The van der Waals surface area contributed by atoms with Gasteiger partial charge in [-0.25, -0.2) is 0 Å². The van der Waals surface area contributed by atoms with Crippen molar-refractivity contribution in [1.29, 1.82) is 0 Å². The van der Waals surface area contributed by atoms with Gasteiger partial charge in [0.1, 0.15) is 0 Å². The number of hydrogen-bond acceptors (Lipinski definition) is 2. The minimum Gasteiger partial charge on any atom is -0.381 e. The Kier molecular flexibility index (Phi) is 3.85. The van der Waals surface area contributed by atoms with Crippen molar-refractivity contribution < 1.29 is 4.74 Å². The summed E-state index contributed by atoms with van der Waals surface area (Å²) in [7, 11) is 0. The van der Waals surface area contributed by atoms with E-state index in [1.54, 1.807) is 0 Å². The highest BCUT2D eigenvalue weighted by Gasteiger charge is 2.23. The van der Waals surface area contributed by atoms with E-state index in [4.69, 9.17) is 22.1 Å². The maximum absolute atomic E-state index is 6.26. The molecule has 2 N–H and O–H groups in total. The fourth-order valence-corrected chi connectivity index (χ4v) is 2.57. The zero-order valence-electron chi connectivity index (χ0n) is 9.58. The molecule has 0 saturated carbocycles. The van der Waals surface area contributed by atoms with Crippen LogP contribution in [0.1, 0.15) is 30.0 Å². The van der Waals surface area contributed by atoms with E-state index in [2.05, 4.69) is 6.07 Å². The Morgan fingerprint density at radius 2 is 2.31 bits per heavy atom. The van der Waals surface area contributed by atoms with Gasteiger partial charge in [0.15, 0.2) is 0 Å². The molecule has 1 aromatic rings. The lowest BCUT2D eigenvalue weighted by atomic mass is 9.89. The zero-order valence-corrected chi connectivity index (χ0v) is 10.3. The van der Waals surface area contributed by atoms with E-state index in [1.807, 2.05) is 19.1 Å². The smallest absolute Gasteiger partial charge is 0.0512 e. The second-order valence-corrected chi connectivity index (χ2v) is 4.94. The van der Waals surface area contributed by atoms with Crippen LogP contribution < -0.4 is 5.73 Å². The molecule has 0 aromatic heterocycles. The Balaban J connectivity index is 2.15. The first-order chi connectivity index (χ1) is 7.68. The largest absolute Gasteiger partial charge is 0.381 e. The van der Waals surface area contributed by atoms with Gasteiger partial charge in [0, 0.05) is 23.6 Å². The molecular weight excluding hydrogens is 222 g/mol. The summed E-state index contributed by atoms with van der Waals surface area (Å²) in [6, 6.07) is 6.07. The first-order valence-electron chi connectivity index (χ1n) is 5.78. The van der Waals surface area contributed by atoms with Crippen molar-refractivity contribution >= 4 is 11.6 Å². The van der Waals surface area contributed by atoms with Gasteiger partial charge in [-0.05, 0) is 37.0 Å². The summed E-state index contributed by atoms with van der Waals surface area (Å²) in [6.07, 6.45) is 2.23. The Morgan fingerprint density at radius 1 is 1.50 bits per heavy atom. The maximum Gasteiger partial charge on any atom is 0.0512 e. The number of aryl methyl sites for hydroxylation is 1. The van der Waals surface area contributed by atoms with Gasteiger partial charge in [-0.2, -0.15) is 0 Å². The molecule has 1 aliphatic rings. The molecule has 1 saturated heterocycles. The van der Waals surface area contributed by atoms with Gasteiger partial charge in [0.2, 0.25) is 0 Å². The molecule has 2 unspecified atom stereocenters. The van der Waals surface area contributed by atoms with Gasteiger partial charge in [-0.3, -0.25) is 0 Å². The van der Waals surface area contributed by atoms with Crippen LogP contribution in [0.3, 0.4) is 0 Å². The van der Waals surface area contributed by atoms with Gasteiger partial charge >= 0.3 is 0 Å². The highest BCUT2D eigenvalue weighted by atomic mass is 35.5. The molecule has 0 amide bonds. The van der Waals surface area contributed by atoms with Crippen molar-refractivity contribution in [3.05, 3.63) is 34.3 Å². The predicted molar refractivity (Wildman–Crippen MR) is 66.7 cm³/mol. The third-order valence-electron chi connectivity index (χ3n) is 3.22. The molecule has 1 heterocycles. The third-order valence-corrected chi connectivity index (χ3v) is 3.55. The maximum atomic E-state index is 6.26. The topological polar surface area (TPSA) is 35.2 Å². The van der Waals surface area contributed by atoms with Crippen molar-refractivity contribution in [2.24, 2.45) is 11.7 Å². The van der Waals surface area contributed by atoms with E-state index in [0.29, 0.717) is 5.92 Å². The highest BCUT2D eigenvalue weighted by Crippen LogP contribution is 2.31. The van der Waals surface area contributed by atoms with Crippen LogP contribution in [0.5, 0.6) is 0 Å². The molecule has 2 rings (SSSR count). The SMILES string of the molecule is Cc1ccc(C(N)C2CCCOC2)c(Cl)c1. The Labute approximate surface area is 102 Å². The van der Waals surface area contributed by atoms with Crippen molar-refractivity contribution in [1.82, 2.24) is 0 Å². The normalized spacial score (nSPS) is 23.1. The molecular formula is C13H18ClNO. The molecule has 0 spiro atoms. The first-order valence-corrected chi connectivity index (χ1v) is 6.15. The van der Waals surface area contributed by atoms with Crippen LogP contribution in [0.15, 0.2) is 18.2 Å². The molecule has 2 nitrogen and oxygen atoms in total. The van der Waals surface area contributed by atoms with E-state index >= 15 is 0 Å². The van der Waals surface area contributed by atoms with Crippen LogP contribution in [-0.4, -0.2) is 13.2 Å². The summed E-state index contributed by atoms with van der Waals surface area (Å²) in [5, 5.41) is 0.776. The monoisotopic (exact) mass is 239 g/mol. The molecule has 1 fully saturated rings. The van der Waals surface area contributed by atoms with Crippen molar-refractivity contribution in [2.45, 2.75) is 25.8 Å². The lowest BCUT2D eigenvalue weighted by Gasteiger charge is -2.28. The summed E-state index contributed by atoms with van der Waals surface area (Å²) in [4.78, 5) is 0. The minimum atomic E-state index is -0.00611. The third kappa shape index (κ3) is 2.57.